The number of nitrogens with one attached hydrogen (secondary N) is 1. The average molecular weight is 428 g/mol. The number of anilines is 1. The van der Waals surface area contributed by atoms with Crippen LogP contribution in [0.4, 0.5) is 5.95 Å². The number of aromatic nitrogens is 3. The summed E-state index contributed by atoms with van der Waals surface area (Å²) in [7, 11) is 0. The topological polar surface area (TPSA) is 93.4 Å². The van der Waals surface area contributed by atoms with Crippen LogP contribution in [0.5, 0.6) is 0 Å². The molecule has 1 saturated heterocycles. The van der Waals surface area contributed by atoms with Crippen molar-refractivity contribution in [2.45, 2.75) is 78.6 Å². The van der Waals surface area contributed by atoms with Gasteiger partial charge in [0.25, 0.3) is 5.91 Å². The zero-order valence-corrected chi connectivity index (χ0v) is 19.3. The zero-order valence-electron chi connectivity index (χ0n) is 19.3. The van der Waals surface area contributed by atoms with Crippen LogP contribution in [0, 0.1) is 5.41 Å². The van der Waals surface area contributed by atoms with Crippen LogP contribution in [-0.2, 0) is 11.2 Å². The van der Waals surface area contributed by atoms with E-state index in [-0.39, 0.29) is 35.5 Å². The molecule has 1 N–H and O–H groups in total. The van der Waals surface area contributed by atoms with Gasteiger partial charge in [0.05, 0.1) is 23.9 Å². The summed E-state index contributed by atoms with van der Waals surface area (Å²) in [6.45, 7) is 14.1. The van der Waals surface area contributed by atoms with Gasteiger partial charge in [0.2, 0.25) is 5.95 Å². The number of nitrogens with zero attached hydrogens (tertiary/aromatic N) is 4. The van der Waals surface area contributed by atoms with Gasteiger partial charge in [0.1, 0.15) is 5.76 Å². The van der Waals surface area contributed by atoms with Gasteiger partial charge in [0.15, 0.2) is 5.69 Å². The molecule has 4 rings (SSSR count). The predicted molar refractivity (Wildman–Crippen MR) is 117 cm³/mol. The first kappa shape index (κ1) is 21.7. The third-order valence-corrected chi connectivity index (χ3v) is 6.00. The molecule has 1 aliphatic carbocycles. The Morgan fingerprint density at radius 3 is 2.61 bits per heavy atom. The minimum atomic E-state index is -0.232. The molecule has 0 radical (unpaired) electrons. The Morgan fingerprint density at radius 1 is 1.26 bits per heavy atom. The standard InChI is InChI=1S/C23H33N5O3/c1-13(2)20-7-17(27-31-20)21(29)25-18-8-23(5,6)9-19-16(18)10-24-22(26-19)28-11-14(3)30-15(4)12-28/h7,10,13-15,18H,8-9,11-12H2,1-6H3,(H,25,29)/t14-,15+,18-/m0/s1. The predicted octanol–water partition coefficient (Wildman–Crippen LogP) is 3.65. The third kappa shape index (κ3) is 4.74. The number of amides is 1. The molecule has 8 heteroatoms. The quantitative estimate of drug-likeness (QED) is 0.796. The number of ether oxygens (including phenoxy) is 1. The minimum Gasteiger partial charge on any atom is -0.372 e. The van der Waals surface area contributed by atoms with Gasteiger partial charge in [-0.3, -0.25) is 4.79 Å². The van der Waals surface area contributed by atoms with E-state index in [0.29, 0.717) is 11.5 Å². The van der Waals surface area contributed by atoms with Crippen LogP contribution in [0.1, 0.15) is 87.4 Å². The van der Waals surface area contributed by atoms with Crippen LogP contribution in [-0.4, -0.2) is 46.3 Å². The molecular formula is C23H33N5O3. The Labute approximate surface area is 183 Å². The first-order valence-corrected chi connectivity index (χ1v) is 11.1. The van der Waals surface area contributed by atoms with E-state index in [4.69, 9.17) is 14.2 Å². The SMILES string of the molecule is CC(C)c1cc(C(=O)N[C@H]2CC(C)(C)Cc3nc(N4C[C@@H](C)O[C@@H](C)C4)ncc32)no1. The van der Waals surface area contributed by atoms with Gasteiger partial charge >= 0.3 is 0 Å². The van der Waals surface area contributed by atoms with E-state index in [9.17, 15) is 4.79 Å². The lowest BCUT2D eigenvalue weighted by Gasteiger charge is -2.38. The van der Waals surface area contributed by atoms with Crippen molar-refractivity contribution in [2.75, 3.05) is 18.0 Å². The highest BCUT2D eigenvalue weighted by molar-refractivity contribution is 5.92. The minimum absolute atomic E-state index is 0.00901. The molecule has 0 unspecified atom stereocenters. The molecule has 3 atom stereocenters. The molecule has 168 valence electrons. The molecule has 1 amide bonds. The number of hydrogen-bond acceptors (Lipinski definition) is 7. The van der Waals surface area contributed by atoms with Gasteiger partial charge in [-0.1, -0.05) is 32.9 Å². The molecule has 1 aliphatic heterocycles. The van der Waals surface area contributed by atoms with Gasteiger partial charge in [0, 0.05) is 36.8 Å². The lowest BCUT2D eigenvalue weighted by molar-refractivity contribution is -0.00575. The smallest absolute Gasteiger partial charge is 0.273 e. The van der Waals surface area contributed by atoms with Crippen molar-refractivity contribution in [3.63, 3.8) is 0 Å². The van der Waals surface area contributed by atoms with Crippen LogP contribution in [0.3, 0.4) is 0 Å². The summed E-state index contributed by atoms with van der Waals surface area (Å²) in [5, 5.41) is 7.09. The van der Waals surface area contributed by atoms with Crippen molar-refractivity contribution in [2.24, 2.45) is 5.41 Å². The van der Waals surface area contributed by atoms with E-state index in [0.717, 1.165) is 43.1 Å². The maximum atomic E-state index is 12.9. The summed E-state index contributed by atoms with van der Waals surface area (Å²) in [6.07, 6.45) is 3.83. The van der Waals surface area contributed by atoms with Crippen molar-refractivity contribution in [3.05, 3.63) is 35.0 Å². The summed E-state index contributed by atoms with van der Waals surface area (Å²) in [6, 6.07) is 1.55. The Bertz CT molecular complexity index is 944. The molecular weight excluding hydrogens is 394 g/mol. The fourth-order valence-electron chi connectivity index (χ4n) is 4.56. The molecule has 0 saturated carbocycles. The summed E-state index contributed by atoms with van der Waals surface area (Å²) in [5.41, 5.74) is 2.30. The maximum absolute atomic E-state index is 12.9. The fourth-order valence-corrected chi connectivity index (χ4v) is 4.56. The molecule has 3 heterocycles. The van der Waals surface area contributed by atoms with Crippen molar-refractivity contribution in [1.82, 2.24) is 20.4 Å². The van der Waals surface area contributed by atoms with Crippen LogP contribution in [0.15, 0.2) is 16.8 Å². The van der Waals surface area contributed by atoms with E-state index in [2.05, 4.69) is 48.1 Å². The summed E-state index contributed by atoms with van der Waals surface area (Å²) >= 11 is 0. The Balaban J connectivity index is 1.57. The summed E-state index contributed by atoms with van der Waals surface area (Å²) in [5.74, 6) is 1.39. The molecule has 2 aliphatic rings. The van der Waals surface area contributed by atoms with Crippen molar-refractivity contribution < 1.29 is 14.1 Å². The molecule has 31 heavy (non-hydrogen) atoms. The maximum Gasteiger partial charge on any atom is 0.273 e. The fraction of sp³-hybridized carbons (Fsp3) is 0.652. The molecule has 0 spiro atoms. The van der Waals surface area contributed by atoms with Crippen LogP contribution < -0.4 is 10.2 Å². The first-order chi connectivity index (χ1) is 14.6. The van der Waals surface area contributed by atoms with Gasteiger partial charge in [-0.05, 0) is 32.1 Å². The first-order valence-electron chi connectivity index (χ1n) is 11.1. The molecule has 0 aromatic carbocycles. The third-order valence-electron chi connectivity index (χ3n) is 6.00. The number of carbonyl (C=O) groups is 1. The number of fused-ring (bicyclic) bond motifs is 1. The highest BCUT2D eigenvalue weighted by Crippen LogP contribution is 2.40. The monoisotopic (exact) mass is 427 g/mol. The Kier molecular flexibility index (Phi) is 5.77. The van der Waals surface area contributed by atoms with E-state index in [1.807, 2.05) is 20.0 Å². The summed E-state index contributed by atoms with van der Waals surface area (Å²) < 4.78 is 11.1. The highest BCUT2D eigenvalue weighted by Gasteiger charge is 2.36. The highest BCUT2D eigenvalue weighted by atomic mass is 16.5. The normalized spacial score (nSPS) is 25.4. The summed E-state index contributed by atoms with van der Waals surface area (Å²) in [4.78, 5) is 24.6. The van der Waals surface area contributed by atoms with Crippen LogP contribution >= 0.6 is 0 Å². The second-order valence-corrected chi connectivity index (χ2v) is 10.1. The molecule has 0 bridgehead atoms. The lowest BCUT2D eigenvalue weighted by Crippen LogP contribution is -2.46. The van der Waals surface area contributed by atoms with Crippen LogP contribution in [0.25, 0.3) is 0 Å². The van der Waals surface area contributed by atoms with Crippen molar-refractivity contribution in [3.8, 4) is 0 Å². The molecule has 1 fully saturated rings. The van der Waals surface area contributed by atoms with Crippen molar-refractivity contribution >= 4 is 11.9 Å². The zero-order chi connectivity index (χ0) is 22.3. The second-order valence-electron chi connectivity index (χ2n) is 10.1. The molecule has 8 nitrogen and oxygen atoms in total. The second kappa shape index (κ2) is 8.22. The largest absolute Gasteiger partial charge is 0.372 e. The van der Waals surface area contributed by atoms with E-state index in [1.54, 1.807) is 6.07 Å². The number of carbonyl (C=O) groups excluding carboxylic acids is 1. The number of hydrogen-bond donors (Lipinski definition) is 1. The van der Waals surface area contributed by atoms with E-state index >= 15 is 0 Å². The van der Waals surface area contributed by atoms with Gasteiger partial charge in [-0.2, -0.15) is 0 Å². The van der Waals surface area contributed by atoms with Crippen molar-refractivity contribution in [1.29, 1.82) is 0 Å². The number of morpholine rings is 1. The van der Waals surface area contributed by atoms with E-state index in [1.165, 1.54) is 0 Å². The lowest BCUT2D eigenvalue weighted by atomic mass is 9.74. The van der Waals surface area contributed by atoms with Gasteiger partial charge in [-0.25, -0.2) is 9.97 Å². The van der Waals surface area contributed by atoms with Gasteiger partial charge in [-0.15, -0.1) is 0 Å². The Morgan fingerprint density at radius 2 is 1.97 bits per heavy atom. The Hall–Kier alpha value is -2.48. The number of rotatable bonds is 4. The van der Waals surface area contributed by atoms with Gasteiger partial charge < -0.3 is 19.5 Å². The van der Waals surface area contributed by atoms with Crippen LogP contribution in [0.2, 0.25) is 0 Å². The molecule has 2 aromatic rings. The molecule has 2 aromatic heterocycles. The van der Waals surface area contributed by atoms with E-state index < -0.39 is 0 Å². The average Bonchev–Trinajstić information content (AvgIpc) is 3.16.